The minimum absolute atomic E-state index is 0.150. The molecule has 0 spiro atoms. The van der Waals surface area contributed by atoms with E-state index in [2.05, 4.69) is 27.3 Å². The number of carbonyl (C=O) groups excluding carboxylic acids is 1. The Morgan fingerprint density at radius 3 is 2.52 bits per heavy atom. The number of nitrogens with zero attached hydrogens (tertiary/aromatic N) is 3. The normalized spacial score (nSPS) is 11.1. The van der Waals surface area contributed by atoms with Crippen LogP contribution in [-0.4, -0.2) is 22.5 Å². The lowest BCUT2D eigenvalue weighted by Gasteiger charge is -2.20. The molecule has 0 aliphatic carbocycles. The van der Waals surface area contributed by atoms with Gasteiger partial charge in [-0.1, -0.05) is 42.5 Å². The van der Waals surface area contributed by atoms with Crippen LogP contribution in [0.1, 0.15) is 5.56 Å². The first-order valence-electron chi connectivity index (χ1n) is 10.6. The maximum atomic E-state index is 12.8. The zero-order valence-corrected chi connectivity index (χ0v) is 18.1. The third kappa shape index (κ3) is 4.21. The zero-order valence-electron chi connectivity index (χ0n) is 18.1. The van der Waals surface area contributed by atoms with Crippen molar-refractivity contribution in [2.24, 2.45) is 0 Å². The van der Waals surface area contributed by atoms with Crippen LogP contribution < -0.4 is 15.8 Å². The number of rotatable bonds is 6. The molecule has 7 nitrogen and oxygen atoms in total. The van der Waals surface area contributed by atoms with Crippen molar-refractivity contribution in [3.8, 4) is 0 Å². The minimum atomic E-state index is -0.385. The number of nitrogens with one attached hydrogen (secondary N) is 1. The van der Waals surface area contributed by atoms with Gasteiger partial charge >= 0.3 is 0 Å². The second kappa shape index (κ2) is 8.63. The fraction of sp³-hybridized carbons (Fsp3) is 0.115. The summed E-state index contributed by atoms with van der Waals surface area (Å²) in [5.41, 5.74) is 3.77. The molecule has 0 aliphatic heterocycles. The van der Waals surface area contributed by atoms with E-state index in [-0.39, 0.29) is 23.6 Å². The van der Waals surface area contributed by atoms with Gasteiger partial charge in [-0.25, -0.2) is 4.98 Å². The number of anilines is 2. The smallest absolute Gasteiger partial charge is 0.297 e. The molecular formula is C26H22N4O3. The van der Waals surface area contributed by atoms with Gasteiger partial charge in [0.15, 0.2) is 0 Å². The molecule has 5 aromatic rings. The van der Waals surface area contributed by atoms with Gasteiger partial charge in [0.25, 0.3) is 5.56 Å². The van der Waals surface area contributed by atoms with Crippen LogP contribution in [0, 0.1) is 0 Å². The van der Waals surface area contributed by atoms with Crippen molar-refractivity contribution >= 4 is 39.4 Å². The summed E-state index contributed by atoms with van der Waals surface area (Å²) in [6.45, 7) is 0.626. The van der Waals surface area contributed by atoms with Crippen LogP contribution in [0.2, 0.25) is 0 Å². The summed E-state index contributed by atoms with van der Waals surface area (Å²) in [6, 6.07) is 25.2. The van der Waals surface area contributed by atoms with Gasteiger partial charge in [0, 0.05) is 30.4 Å². The number of hydrogen-bond acceptors (Lipinski definition) is 5. The third-order valence-corrected chi connectivity index (χ3v) is 5.52. The Morgan fingerprint density at radius 2 is 1.73 bits per heavy atom. The molecule has 1 amide bonds. The van der Waals surface area contributed by atoms with Gasteiger partial charge in [-0.3, -0.25) is 14.2 Å². The summed E-state index contributed by atoms with van der Waals surface area (Å²) >= 11 is 0. The molecule has 3 aromatic carbocycles. The van der Waals surface area contributed by atoms with E-state index in [0.717, 1.165) is 17.6 Å². The van der Waals surface area contributed by atoms with Gasteiger partial charge in [-0.2, -0.15) is 0 Å². The van der Waals surface area contributed by atoms with Gasteiger partial charge in [-0.15, -0.1) is 0 Å². The molecule has 0 saturated heterocycles. The summed E-state index contributed by atoms with van der Waals surface area (Å²) in [7, 11) is 2.02. The van der Waals surface area contributed by atoms with Crippen molar-refractivity contribution < 1.29 is 9.21 Å². The molecule has 0 aliphatic rings. The Balaban J connectivity index is 1.27. The van der Waals surface area contributed by atoms with E-state index in [9.17, 15) is 9.59 Å². The fourth-order valence-electron chi connectivity index (χ4n) is 3.83. The van der Waals surface area contributed by atoms with Crippen molar-refractivity contribution in [2.45, 2.75) is 13.1 Å². The van der Waals surface area contributed by atoms with Crippen LogP contribution in [0.5, 0.6) is 0 Å². The average molecular weight is 438 g/mol. The standard InChI is InChI=1S/C26H22N4O3/c1-29(15-18-7-3-2-4-8-18)20-13-11-19(12-14-20)28-23(31)16-30-17-27-24-21-9-5-6-10-22(21)33-25(24)26(30)32/h2-14,17H,15-16H2,1H3,(H,28,31). The van der Waals surface area contributed by atoms with Crippen LogP contribution in [0.4, 0.5) is 11.4 Å². The molecule has 164 valence electrons. The molecule has 2 aromatic heterocycles. The monoisotopic (exact) mass is 438 g/mol. The SMILES string of the molecule is CN(Cc1ccccc1)c1ccc(NC(=O)Cn2cnc3c(oc4ccccc43)c2=O)cc1. The molecule has 0 radical (unpaired) electrons. The Bertz CT molecular complexity index is 1490. The molecule has 7 heteroatoms. The van der Waals surface area contributed by atoms with Gasteiger partial charge < -0.3 is 14.6 Å². The molecule has 5 rings (SSSR count). The van der Waals surface area contributed by atoms with E-state index in [0.29, 0.717) is 16.8 Å². The Kier molecular flexibility index (Phi) is 5.36. The molecule has 2 heterocycles. The predicted molar refractivity (Wildman–Crippen MR) is 129 cm³/mol. The number of para-hydroxylation sites is 1. The van der Waals surface area contributed by atoms with Crippen molar-refractivity contribution in [2.75, 3.05) is 17.3 Å². The van der Waals surface area contributed by atoms with Gasteiger partial charge in [0.05, 0.1) is 6.33 Å². The third-order valence-electron chi connectivity index (χ3n) is 5.52. The largest absolute Gasteiger partial charge is 0.448 e. The van der Waals surface area contributed by atoms with Crippen molar-refractivity contribution in [3.63, 3.8) is 0 Å². The fourth-order valence-corrected chi connectivity index (χ4v) is 3.83. The first kappa shape index (κ1) is 20.5. The van der Waals surface area contributed by atoms with Crippen LogP contribution >= 0.6 is 0 Å². The van der Waals surface area contributed by atoms with E-state index >= 15 is 0 Å². The molecule has 0 saturated carbocycles. The highest BCUT2D eigenvalue weighted by molar-refractivity contribution is 6.01. The highest BCUT2D eigenvalue weighted by atomic mass is 16.3. The topological polar surface area (TPSA) is 80.4 Å². The number of amides is 1. The van der Waals surface area contributed by atoms with Crippen LogP contribution in [0.3, 0.4) is 0 Å². The number of aromatic nitrogens is 2. The van der Waals surface area contributed by atoms with E-state index in [4.69, 9.17) is 4.42 Å². The number of hydrogen-bond donors (Lipinski definition) is 1. The molecule has 33 heavy (non-hydrogen) atoms. The summed E-state index contributed by atoms with van der Waals surface area (Å²) in [6.07, 6.45) is 1.38. The van der Waals surface area contributed by atoms with E-state index in [1.165, 1.54) is 16.5 Å². The Morgan fingerprint density at radius 1 is 1.00 bits per heavy atom. The molecule has 1 N–H and O–H groups in total. The van der Waals surface area contributed by atoms with Gasteiger partial charge in [-0.05, 0) is 42.0 Å². The molecule has 0 fully saturated rings. The summed E-state index contributed by atoms with van der Waals surface area (Å²) in [5.74, 6) is -0.320. The zero-order chi connectivity index (χ0) is 22.8. The van der Waals surface area contributed by atoms with Crippen LogP contribution in [-0.2, 0) is 17.9 Å². The van der Waals surface area contributed by atoms with E-state index in [1.54, 1.807) is 6.07 Å². The van der Waals surface area contributed by atoms with E-state index in [1.807, 2.05) is 67.7 Å². The second-order valence-corrected chi connectivity index (χ2v) is 7.89. The number of fused-ring (bicyclic) bond motifs is 3. The summed E-state index contributed by atoms with van der Waals surface area (Å²) in [4.78, 5) is 31.8. The van der Waals surface area contributed by atoms with Crippen molar-refractivity contribution in [1.82, 2.24) is 9.55 Å². The Hall–Kier alpha value is -4.39. The quantitative estimate of drug-likeness (QED) is 0.425. The van der Waals surface area contributed by atoms with Crippen LogP contribution in [0.15, 0.2) is 94.4 Å². The number of benzene rings is 3. The van der Waals surface area contributed by atoms with Gasteiger partial charge in [0.1, 0.15) is 17.6 Å². The summed E-state index contributed by atoms with van der Waals surface area (Å²) in [5, 5.41) is 3.61. The predicted octanol–water partition coefficient (Wildman–Crippen LogP) is 4.42. The average Bonchev–Trinajstić information content (AvgIpc) is 3.21. The molecule has 0 bridgehead atoms. The van der Waals surface area contributed by atoms with Crippen molar-refractivity contribution in [1.29, 1.82) is 0 Å². The first-order chi connectivity index (χ1) is 16.1. The Labute approximate surface area is 189 Å². The lowest BCUT2D eigenvalue weighted by Crippen LogP contribution is -2.27. The highest BCUT2D eigenvalue weighted by Gasteiger charge is 2.14. The lowest BCUT2D eigenvalue weighted by atomic mass is 10.2. The second-order valence-electron chi connectivity index (χ2n) is 7.89. The molecular weight excluding hydrogens is 416 g/mol. The number of carbonyl (C=O) groups is 1. The lowest BCUT2D eigenvalue weighted by molar-refractivity contribution is -0.116. The minimum Gasteiger partial charge on any atom is -0.448 e. The summed E-state index contributed by atoms with van der Waals surface area (Å²) < 4.78 is 6.92. The molecule has 0 unspecified atom stereocenters. The maximum Gasteiger partial charge on any atom is 0.297 e. The maximum absolute atomic E-state index is 12.8. The van der Waals surface area contributed by atoms with Gasteiger partial charge in [0.2, 0.25) is 11.5 Å². The van der Waals surface area contributed by atoms with Crippen LogP contribution in [0.25, 0.3) is 22.1 Å². The molecule has 0 atom stereocenters. The van der Waals surface area contributed by atoms with Crippen molar-refractivity contribution in [3.05, 3.63) is 101 Å². The number of furan rings is 1. The van der Waals surface area contributed by atoms with E-state index < -0.39 is 0 Å². The first-order valence-corrected chi connectivity index (χ1v) is 10.6. The highest BCUT2D eigenvalue weighted by Crippen LogP contribution is 2.24.